The minimum absolute atomic E-state index is 0. The first-order valence-electron chi connectivity index (χ1n) is 6.52. The van der Waals surface area contributed by atoms with Crippen molar-refractivity contribution in [2.24, 2.45) is 0 Å². The molecule has 0 atom stereocenters. The lowest BCUT2D eigenvalue weighted by atomic mass is 10.1. The summed E-state index contributed by atoms with van der Waals surface area (Å²) in [6, 6.07) is 0. The molecule has 0 aromatic heterocycles. The summed E-state index contributed by atoms with van der Waals surface area (Å²) in [5.74, 6) is 0. The second-order valence-electron chi connectivity index (χ2n) is 4.74. The zero-order valence-corrected chi connectivity index (χ0v) is 12.8. The Morgan fingerprint density at radius 1 is 0.733 bits per heavy atom. The molecule has 0 heterocycles. The lowest BCUT2D eigenvalue weighted by Crippen LogP contribution is -3.00. The van der Waals surface area contributed by atoms with Gasteiger partial charge in [0.15, 0.2) is 0 Å². The first kappa shape index (κ1) is 17.8. The van der Waals surface area contributed by atoms with Gasteiger partial charge < -0.3 is 21.5 Å². The molecule has 0 rings (SSSR count). The Morgan fingerprint density at radius 2 is 1.20 bits per heavy atom. The zero-order chi connectivity index (χ0) is 10.9. The minimum atomic E-state index is 0. The fourth-order valence-corrected chi connectivity index (χ4v) is 1.81. The number of hydrogen-bond donors (Lipinski definition) is 0. The van der Waals surface area contributed by atoms with Crippen LogP contribution in [0.15, 0.2) is 0 Å². The molecule has 1 nitrogen and oxygen atoms in total. The summed E-state index contributed by atoms with van der Waals surface area (Å²) in [5.41, 5.74) is 0. The molecule has 94 valence electrons. The Hall–Kier alpha value is 0.440. The van der Waals surface area contributed by atoms with Crippen LogP contribution in [0.2, 0.25) is 0 Å². The van der Waals surface area contributed by atoms with Gasteiger partial charge in [0.05, 0.1) is 26.7 Å². The fraction of sp³-hybridized carbons (Fsp3) is 1.00. The third-order valence-electron chi connectivity index (χ3n) is 3.58. The quantitative estimate of drug-likeness (QED) is 0.434. The van der Waals surface area contributed by atoms with Crippen molar-refractivity contribution in [2.45, 2.75) is 59.3 Å². The van der Waals surface area contributed by atoms with Crippen LogP contribution >= 0.6 is 0 Å². The van der Waals surface area contributed by atoms with Crippen LogP contribution in [0.1, 0.15) is 59.3 Å². The molecule has 2 heteroatoms. The van der Waals surface area contributed by atoms with Gasteiger partial charge in [-0.25, -0.2) is 0 Å². The van der Waals surface area contributed by atoms with Crippen molar-refractivity contribution in [1.82, 2.24) is 0 Å². The topological polar surface area (TPSA) is 0 Å². The normalized spacial score (nSPS) is 11.2. The van der Waals surface area contributed by atoms with Crippen molar-refractivity contribution in [2.75, 3.05) is 26.7 Å². The van der Waals surface area contributed by atoms with Gasteiger partial charge >= 0.3 is 0 Å². The van der Waals surface area contributed by atoms with Crippen LogP contribution in [0.3, 0.4) is 0 Å². The first-order valence-corrected chi connectivity index (χ1v) is 6.52. The van der Waals surface area contributed by atoms with E-state index in [1.54, 1.807) is 0 Å². The molecule has 0 fully saturated rings. The highest BCUT2D eigenvalue weighted by Gasteiger charge is 2.14. The second kappa shape index (κ2) is 10.9. The van der Waals surface area contributed by atoms with Crippen molar-refractivity contribution in [3.05, 3.63) is 0 Å². The van der Waals surface area contributed by atoms with Gasteiger partial charge in [-0.2, -0.15) is 0 Å². The Kier molecular flexibility index (Phi) is 13.0. The van der Waals surface area contributed by atoms with E-state index in [2.05, 4.69) is 27.8 Å². The zero-order valence-electron chi connectivity index (χ0n) is 11.2. The van der Waals surface area contributed by atoms with Crippen LogP contribution in [0.4, 0.5) is 0 Å². The maximum Gasteiger partial charge on any atom is 0.0784 e. The summed E-state index contributed by atoms with van der Waals surface area (Å²) < 4.78 is 1.26. The first-order chi connectivity index (χ1) is 6.68. The number of quaternary nitrogens is 1. The summed E-state index contributed by atoms with van der Waals surface area (Å²) in [5, 5.41) is 0. The average molecular weight is 280 g/mol. The molecule has 0 saturated carbocycles. The summed E-state index contributed by atoms with van der Waals surface area (Å²) in [6.07, 6.45) is 8.53. The molecule has 0 radical (unpaired) electrons. The molecule has 0 spiro atoms. The van der Waals surface area contributed by atoms with Gasteiger partial charge in [-0.1, -0.05) is 32.6 Å². The maximum atomic E-state index is 2.38. The van der Waals surface area contributed by atoms with Crippen molar-refractivity contribution in [1.29, 1.82) is 0 Å². The molecule has 0 unspecified atom stereocenters. The lowest BCUT2D eigenvalue weighted by Gasteiger charge is -2.32. The van der Waals surface area contributed by atoms with E-state index in [1.807, 2.05) is 0 Å². The molecule has 0 aliphatic carbocycles. The second-order valence-corrected chi connectivity index (χ2v) is 4.74. The van der Waals surface area contributed by atoms with E-state index in [4.69, 9.17) is 0 Å². The highest BCUT2D eigenvalue weighted by atomic mass is 79.9. The van der Waals surface area contributed by atoms with Gasteiger partial charge in [0.2, 0.25) is 0 Å². The van der Waals surface area contributed by atoms with Gasteiger partial charge in [0.25, 0.3) is 0 Å². The molecule has 0 N–H and O–H groups in total. The number of hydrogen-bond acceptors (Lipinski definition) is 0. The van der Waals surface area contributed by atoms with E-state index in [0.29, 0.717) is 0 Å². The van der Waals surface area contributed by atoms with Crippen molar-refractivity contribution in [3.63, 3.8) is 0 Å². The van der Waals surface area contributed by atoms with Gasteiger partial charge in [-0.15, -0.1) is 0 Å². The van der Waals surface area contributed by atoms with Gasteiger partial charge in [-0.3, -0.25) is 0 Å². The van der Waals surface area contributed by atoms with Crippen LogP contribution in [-0.4, -0.2) is 31.2 Å². The Bertz CT molecular complexity index is 122. The number of nitrogens with zero attached hydrogens (tertiary/aromatic N) is 1. The molecule has 0 aromatic carbocycles. The Morgan fingerprint density at radius 3 is 1.67 bits per heavy atom. The summed E-state index contributed by atoms with van der Waals surface area (Å²) in [4.78, 5) is 0. The van der Waals surface area contributed by atoms with Gasteiger partial charge in [0, 0.05) is 0 Å². The SMILES string of the molecule is CCCCCCCC[N+](C)(CC)CC.[Br-]. The van der Waals surface area contributed by atoms with Crippen LogP contribution in [0.25, 0.3) is 0 Å². The molecule has 0 bridgehead atoms. The minimum Gasteiger partial charge on any atom is -1.00 e. The lowest BCUT2D eigenvalue weighted by molar-refractivity contribution is -0.906. The van der Waals surface area contributed by atoms with E-state index < -0.39 is 0 Å². The van der Waals surface area contributed by atoms with E-state index >= 15 is 0 Å². The van der Waals surface area contributed by atoms with Crippen LogP contribution in [0, 0.1) is 0 Å². The molecule has 0 amide bonds. The van der Waals surface area contributed by atoms with Crippen molar-refractivity contribution < 1.29 is 21.5 Å². The Balaban J connectivity index is 0. The molecule has 0 aromatic rings. The highest BCUT2D eigenvalue weighted by molar-refractivity contribution is 4.44. The Labute approximate surface area is 108 Å². The third kappa shape index (κ3) is 9.37. The molecule has 0 aliphatic rings. The average Bonchev–Trinajstić information content (AvgIpc) is 2.23. The van der Waals surface area contributed by atoms with Crippen LogP contribution in [0.5, 0.6) is 0 Å². The highest BCUT2D eigenvalue weighted by Crippen LogP contribution is 2.09. The van der Waals surface area contributed by atoms with Crippen LogP contribution in [-0.2, 0) is 0 Å². The third-order valence-corrected chi connectivity index (χ3v) is 3.58. The van der Waals surface area contributed by atoms with Crippen LogP contribution < -0.4 is 17.0 Å². The van der Waals surface area contributed by atoms with Gasteiger partial charge in [-0.05, 0) is 26.7 Å². The molecule has 15 heavy (non-hydrogen) atoms. The predicted octanol–water partition coefficient (Wildman–Crippen LogP) is 0.837. The molecular weight excluding hydrogens is 250 g/mol. The van der Waals surface area contributed by atoms with E-state index in [1.165, 1.54) is 62.6 Å². The maximum absolute atomic E-state index is 2.38. The molecule has 0 saturated heterocycles. The van der Waals surface area contributed by atoms with E-state index in [0.717, 1.165) is 0 Å². The number of unbranched alkanes of at least 4 members (excludes halogenated alkanes) is 5. The smallest absolute Gasteiger partial charge is 0.0784 e. The largest absolute Gasteiger partial charge is 1.00 e. The predicted molar refractivity (Wildman–Crippen MR) is 65.5 cm³/mol. The van der Waals surface area contributed by atoms with Crippen molar-refractivity contribution in [3.8, 4) is 0 Å². The fourth-order valence-electron chi connectivity index (χ4n) is 1.81. The van der Waals surface area contributed by atoms with Gasteiger partial charge in [0.1, 0.15) is 0 Å². The van der Waals surface area contributed by atoms with E-state index in [9.17, 15) is 0 Å². The monoisotopic (exact) mass is 279 g/mol. The summed E-state index contributed by atoms with van der Waals surface area (Å²) >= 11 is 0. The molecule has 0 aliphatic heterocycles. The molecular formula is C13H30BrN. The van der Waals surface area contributed by atoms with E-state index in [-0.39, 0.29) is 17.0 Å². The summed E-state index contributed by atoms with van der Waals surface area (Å²) in [7, 11) is 2.38. The number of halogens is 1. The number of rotatable bonds is 9. The standard InChI is InChI=1S/C13H30N.BrH/c1-5-8-9-10-11-12-13-14(4,6-2)7-3;/h5-13H2,1-4H3;1H/q+1;/p-1. The summed E-state index contributed by atoms with van der Waals surface area (Å²) in [6.45, 7) is 10.8. The van der Waals surface area contributed by atoms with Crippen molar-refractivity contribution >= 4 is 0 Å².